The van der Waals surface area contributed by atoms with Gasteiger partial charge in [0.05, 0.1) is 18.8 Å². The number of methoxy groups -OCH3 is 1. The van der Waals surface area contributed by atoms with Crippen LogP contribution in [-0.2, 0) is 16.1 Å². The zero-order valence-corrected chi connectivity index (χ0v) is 10.4. The molecule has 0 radical (unpaired) electrons. The van der Waals surface area contributed by atoms with Crippen molar-refractivity contribution in [3.05, 3.63) is 34.3 Å². The van der Waals surface area contributed by atoms with E-state index in [1.54, 1.807) is 7.11 Å². The van der Waals surface area contributed by atoms with Gasteiger partial charge in [0.2, 0.25) is 0 Å². The second-order valence-electron chi connectivity index (χ2n) is 3.79. The fourth-order valence-corrected chi connectivity index (χ4v) is 2.11. The molecule has 2 atom stereocenters. The highest BCUT2D eigenvalue weighted by Gasteiger charge is 2.31. The van der Waals surface area contributed by atoms with Crippen molar-refractivity contribution in [1.29, 1.82) is 0 Å². The lowest BCUT2D eigenvalue weighted by Gasteiger charge is -2.35. The molecule has 2 unspecified atom stereocenters. The predicted octanol–water partition coefficient (Wildman–Crippen LogP) is 3.14. The van der Waals surface area contributed by atoms with Gasteiger partial charge in [-0.15, -0.1) is 0 Å². The van der Waals surface area contributed by atoms with Crippen LogP contribution >= 0.6 is 15.9 Å². The van der Waals surface area contributed by atoms with Crippen LogP contribution in [0, 0.1) is 0 Å². The molecule has 1 aromatic carbocycles. The Kier molecular flexibility index (Phi) is 3.78. The second kappa shape index (κ2) is 5.10. The van der Waals surface area contributed by atoms with Crippen LogP contribution in [-0.4, -0.2) is 19.3 Å². The molecule has 0 saturated heterocycles. The van der Waals surface area contributed by atoms with E-state index in [1.807, 2.05) is 18.2 Å². The molecule has 1 aromatic rings. The van der Waals surface area contributed by atoms with E-state index in [4.69, 9.17) is 9.47 Å². The van der Waals surface area contributed by atoms with Crippen molar-refractivity contribution in [2.24, 2.45) is 0 Å². The van der Waals surface area contributed by atoms with Crippen LogP contribution in [0.1, 0.15) is 18.4 Å². The maximum atomic E-state index is 5.79. The lowest BCUT2D eigenvalue weighted by Crippen LogP contribution is -2.40. The minimum Gasteiger partial charge on any atom is -0.379 e. The smallest absolute Gasteiger partial charge is 0.0842 e. The van der Waals surface area contributed by atoms with Gasteiger partial charge in [-0.25, -0.2) is 0 Å². The Morgan fingerprint density at radius 3 is 2.60 bits per heavy atom. The van der Waals surface area contributed by atoms with E-state index in [0.29, 0.717) is 12.7 Å². The van der Waals surface area contributed by atoms with Crippen molar-refractivity contribution in [3.8, 4) is 0 Å². The lowest BCUT2D eigenvalue weighted by atomic mass is 9.92. The summed E-state index contributed by atoms with van der Waals surface area (Å²) < 4.78 is 12.2. The molecule has 3 heteroatoms. The quantitative estimate of drug-likeness (QED) is 0.837. The van der Waals surface area contributed by atoms with Crippen LogP contribution in [0.3, 0.4) is 0 Å². The summed E-state index contributed by atoms with van der Waals surface area (Å²) in [6.07, 6.45) is 2.81. The van der Waals surface area contributed by atoms with Crippen LogP contribution in [0.5, 0.6) is 0 Å². The highest BCUT2D eigenvalue weighted by atomic mass is 79.9. The molecule has 1 aliphatic rings. The van der Waals surface area contributed by atoms with Crippen molar-refractivity contribution < 1.29 is 9.47 Å². The van der Waals surface area contributed by atoms with E-state index in [-0.39, 0.29) is 6.10 Å². The number of rotatable bonds is 4. The van der Waals surface area contributed by atoms with Crippen LogP contribution < -0.4 is 0 Å². The first-order valence-electron chi connectivity index (χ1n) is 5.19. The average Bonchev–Trinajstić information content (AvgIpc) is 2.20. The third kappa shape index (κ3) is 2.60. The molecular weight excluding hydrogens is 256 g/mol. The molecule has 1 saturated carbocycles. The molecule has 15 heavy (non-hydrogen) atoms. The van der Waals surface area contributed by atoms with Crippen molar-refractivity contribution in [2.75, 3.05) is 7.11 Å². The van der Waals surface area contributed by atoms with Crippen LogP contribution in [0.4, 0.5) is 0 Å². The predicted molar refractivity (Wildman–Crippen MR) is 62.8 cm³/mol. The van der Waals surface area contributed by atoms with Gasteiger partial charge in [-0.2, -0.15) is 0 Å². The number of ether oxygens (including phenoxy) is 2. The van der Waals surface area contributed by atoms with E-state index in [1.165, 1.54) is 5.56 Å². The minimum absolute atomic E-state index is 0.280. The first-order valence-corrected chi connectivity index (χ1v) is 5.98. The van der Waals surface area contributed by atoms with Gasteiger partial charge in [0.25, 0.3) is 0 Å². The average molecular weight is 271 g/mol. The Hall–Kier alpha value is -0.380. The van der Waals surface area contributed by atoms with Crippen molar-refractivity contribution in [3.63, 3.8) is 0 Å². The second-order valence-corrected chi connectivity index (χ2v) is 4.65. The third-order valence-electron chi connectivity index (χ3n) is 2.86. The summed E-state index contributed by atoms with van der Waals surface area (Å²) in [5, 5.41) is 0. The van der Waals surface area contributed by atoms with E-state index < -0.39 is 0 Å². The third-order valence-corrected chi connectivity index (χ3v) is 3.64. The zero-order chi connectivity index (χ0) is 10.7. The van der Waals surface area contributed by atoms with Gasteiger partial charge in [-0.3, -0.25) is 0 Å². The molecule has 82 valence electrons. The molecule has 0 heterocycles. The minimum atomic E-state index is 0.280. The molecule has 2 nitrogen and oxygen atoms in total. The van der Waals surface area contributed by atoms with Crippen molar-refractivity contribution in [1.82, 2.24) is 0 Å². The maximum absolute atomic E-state index is 5.79. The molecule has 0 amide bonds. The summed E-state index contributed by atoms with van der Waals surface area (Å²) in [6, 6.07) is 8.14. The topological polar surface area (TPSA) is 18.5 Å². The summed E-state index contributed by atoms with van der Waals surface area (Å²) in [4.78, 5) is 0. The summed E-state index contributed by atoms with van der Waals surface area (Å²) in [5.41, 5.74) is 1.19. The summed E-state index contributed by atoms with van der Waals surface area (Å²) in [6.45, 7) is 0.659. The van der Waals surface area contributed by atoms with Gasteiger partial charge >= 0.3 is 0 Å². The van der Waals surface area contributed by atoms with Gasteiger partial charge in [-0.05, 0) is 24.5 Å². The molecular formula is C12H15BrO2. The van der Waals surface area contributed by atoms with Gasteiger partial charge in [0.15, 0.2) is 0 Å². The van der Waals surface area contributed by atoms with E-state index in [2.05, 4.69) is 22.0 Å². The van der Waals surface area contributed by atoms with Crippen molar-refractivity contribution >= 4 is 15.9 Å². The molecule has 0 spiro atoms. The highest BCUT2D eigenvalue weighted by molar-refractivity contribution is 9.10. The number of halogens is 1. The van der Waals surface area contributed by atoms with Crippen molar-refractivity contribution in [2.45, 2.75) is 31.7 Å². The molecule has 1 fully saturated rings. The fraction of sp³-hybridized carbons (Fsp3) is 0.500. The molecule has 0 bridgehead atoms. The Balaban J connectivity index is 1.86. The molecule has 1 aliphatic carbocycles. The van der Waals surface area contributed by atoms with E-state index in [0.717, 1.165) is 17.3 Å². The van der Waals surface area contributed by atoms with Gasteiger partial charge in [-0.1, -0.05) is 34.1 Å². The Morgan fingerprint density at radius 2 is 2.00 bits per heavy atom. The van der Waals surface area contributed by atoms with Gasteiger partial charge in [0, 0.05) is 11.6 Å². The SMILES string of the molecule is COC1CCC1OCc1ccccc1Br. The molecule has 0 aliphatic heterocycles. The lowest BCUT2D eigenvalue weighted by molar-refractivity contribution is -0.119. The molecule has 0 aromatic heterocycles. The Morgan fingerprint density at radius 1 is 1.27 bits per heavy atom. The van der Waals surface area contributed by atoms with E-state index >= 15 is 0 Å². The zero-order valence-electron chi connectivity index (χ0n) is 8.78. The first-order chi connectivity index (χ1) is 7.31. The number of hydrogen-bond donors (Lipinski definition) is 0. The Labute approximate surface area is 98.7 Å². The van der Waals surface area contributed by atoms with Crippen LogP contribution in [0.15, 0.2) is 28.7 Å². The first kappa shape index (κ1) is 11.1. The van der Waals surface area contributed by atoms with Gasteiger partial charge < -0.3 is 9.47 Å². The summed E-state index contributed by atoms with van der Waals surface area (Å²) >= 11 is 3.51. The maximum Gasteiger partial charge on any atom is 0.0842 e. The Bertz CT molecular complexity index is 325. The fourth-order valence-electron chi connectivity index (χ4n) is 1.71. The normalized spacial score (nSPS) is 24.9. The van der Waals surface area contributed by atoms with Crippen LogP contribution in [0.25, 0.3) is 0 Å². The monoisotopic (exact) mass is 270 g/mol. The largest absolute Gasteiger partial charge is 0.379 e. The van der Waals surface area contributed by atoms with Crippen LogP contribution in [0.2, 0.25) is 0 Å². The molecule has 0 N–H and O–H groups in total. The molecule has 2 rings (SSSR count). The highest BCUT2D eigenvalue weighted by Crippen LogP contribution is 2.27. The summed E-state index contributed by atoms with van der Waals surface area (Å²) in [5.74, 6) is 0. The number of hydrogen-bond acceptors (Lipinski definition) is 2. The standard InChI is InChI=1S/C12H15BrO2/c1-14-11-6-7-12(11)15-8-9-4-2-3-5-10(9)13/h2-5,11-12H,6-8H2,1H3. The summed E-state index contributed by atoms with van der Waals surface area (Å²) in [7, 11) is 1.75. The van der Waals surface area contributed by atoms with Gasteiger partial charge in [0.1, 0.15) is 0 Å². The van der Waals surface area contributed by atoms with E-state index in [9.17, 15) is 0 Å². The number of benzene rings is 1.